The Morgan fingerprint density at radius 2 is 1.81 bits per heavy atom. The molecule has 0 saturated carbocycles. The predicted molar refractivity (Wildman–Crippen MR) is 108 cm³/mol. The third-order valence-corrected chi connectivity index (χ3v) is 6.16. The molecule has 0 bridgehead atoms. The summed E-state index contributed by atoms with van der Waals surface area (Å²) < 4.78 is 0. The van der Waals surface area contributed by atoms with Crippen LogP contribution >= 0.6 is 0 Å². The lowest BCUT2D eigenvalue weighted by Gasteiger charge is -2.30. The van der Waals surface area contributed by atoms with Crippen LogP contribution in [0.2, 0.25) is 0 Å². The van der Waals surface area contributed by atoms with Gasteiger partial charge in [0.05, 0.1) is 17.1 Å². The van der Waals surface area contributed by atoms with Gasteiger partial charge in [0, 0.05) is 31.5 Å². The van der Waals surface area contributed by atoms with Gasteiger partial charge in [0.25, 0.3) is 0 Å². The number of carbonyl (C=O) groups excluding carboxylic acids is 1. The Morgan fingerprint density at radius 1 is 1.11 bits per heavy atom. The summed E-state index contributed by atoms with van der Waals surface area (Å²) >= 11 is 0. The number of anilines is 1. The van der Waals surface area contributed by atoms with Crippen LogP contribution in [0, 0.1) is 18.8 Å². The number of likely N-dealkylation sites (tertiary alicyclic amines) is 1. The number of aryl methyl sites for hydroxylation is 1. The molecule has 1 aromatic heterocycles. The van der Waals surface area contributed by atoms with Crippen molar-refractivity contribution in [2.75, 3.05) is 38.1 Å². The fourth-order valence-electron chi connectivity index (χ4n) is 4.40. The average Bonchev–Trinajstić information content (AvgIpc) is 3.06. The Morgan fingerprint density at radius 3 is 2.56 bits per heavy atom. The number of aromatic nitrogens is 2. The summed E-state index contributed by atoms with van der Waals surface area (Å²) in [5.74, 6) is 0.559. The van der Waals surface area contributed by atoms with E-state index in [0.29, 0.717) is 12.0 Å². The Bertz CT molecular complexity index is 830. The van der Waals surface area contributed by atoms with Crippen LogP contribution in [0.4, 0.5) is 5.69 Å². The predicted octanol–water partition coefficient (Wildman–Crippen LogP) is 2.22. The third kappa shape index (κ3) is 3.63. The number of fused-ring (bicyclic) bond motifs is 1. The van der Waals surface area contributed by atoms with Crippen molar-refractivity contribution in [3.8, 4) is 0 Å². The molecule has 0 radical (unpaired) electrons. The Hall–Kier alpha value is -2.21. The Kier molecular flexibility index (Phi) is 5.00. The van der Waals surface area contributed by atoms with E-state index in [2.05, 4.69) is 58.1 Å². The van der Waals surface area contributed by atoms with Crippen LogP contribution in [0.15, 0.2) is 24.5 Å². The molecule has 6 heteroatoms. The topological polar surface area (TPSA) is 61.4 Å². The van der Waals surface area contributed by atoms with Crippen molar-refractivity contribution in [2.24, 2.45) is 11.8 Å². The van der Waals surface area contributed by atoms with E-state index < -0.39 is 0 Å². The van der Waals surface area contributed by atoms with Crippen LogP contribution in [-0.2, 0) is 4.79 Å². The second-order valence-electron chi connectivity index (χ2n) is 8.23. The van der Waals surface area contributed by atoms with E-state index in [0.717, 1.165) is 61.3 Å². The number of amides is 1. The first kappa shape index (κ1) is 18.2. The van der Waals surface area contributed by atoms with Crippen LogP contribution in [0.1, 0.15) is 25.3 Å². The van der Waals surface area contributed by atoms with Crippen LogP contribution in [0.25, 0.3) is 11.0 Å². The molecule has 2 aliphatic rings. The Balaban J connectivity index is 1.49. The van der Waals surface area contributed by atoms with Gasteiger partial charge in [-0.3, -0.25) is 14.8 Å². The lowest BCUT2D eigenvalue weighted by molar-refractivity contribution is -0.126. The van der Waals surface area contributed by atoms with Gasteiger partial charge in [-0.2, -0.15) is 0 Å². The average molecular weight is 367 g/mol. The summed E-state index contributed by atoms with van der Waals surface area (Å²) in [4.78, 5) is 26.6. The first-order valence-electron chi connectivity index (χ1n) is 9.97. The zero-order valence-electron chi connectivity index (χ0n) is 16.5. The smallest absolute Gasteiger partial charge is 0.225 e. The van der Waals surface area contributed by atoms with Gasteiger partial charge in [0.15, 0.2) is 0 Å². The zero-order chi connectivity index (χ0) is 19.0. The first-order valence-corrected chi connectivity index (χ1v) is 9.97. The number of nitrogens with one attached hydrogen (secondary N) is 1. The number of benzene rings is 1. The highest BCUT2D eigenvalue weighted by Crippen LogP contribution is 2.33. The van der Waals surface area contributed by atoms with Gasteiger partial charge in [0.2, 0.25) is 5.91 Å². The maximum atomic E-state index is 12.9. The molecule has 2 fully saturated rings. The number of hydrogen-bond donors (Lipinski definition) is 1. The van der Waals surface area contributed by atoms with Gasteiger partial charge in [0.1, 0.15) is 5.52 Å². The van der Waals surface area contributed by atoms with Crippen molar-refractivity contribution < 1.29 is 4.79 Å². The van der Waals surface area contributed by atoms with Gasteiger partial charge in [-0.05, 0) is 57.5 Å². The van der Waals surface area contributed by atoms with E-state index in [4.69, 9.17) is 0 Å². The highest BCUT2D eigenvalue weighted by Gasteiger charge is 2.36. The van der Waals surface area contributed by atoms with Gasteiger partial charge in [-0.25, -0.2) is 0 Å². The van der Waals surface area contributed by atoms with Crippen molar-refractivity contribution in [1.82, 2.24) is 20.2 Å². The summed E-state index contributed by atoms with van der Waals surface area (Å²) in [7, 11) is 2.14. The molecule has 2 aliphatic heterocycles. The quantitative estimate of drug-likeness (QED) is 0.901. The van der Waals surface area contributed by atoms with Crippen molar-refractivity contribution in [1.29, 1.82) is 0 Å². The third-order valence-electron chi connectivity index (χ3n) is 6.16. The molecule has 1 unspecified atom stereocenters. The molecule has 2 atom stereocenters. The molecule has 0 spiro atoms. The molecule has 4 rings (SSSR count). The molecule has 1 aromatic carbocycles. The van der Waals surface area contributed by atoms with Crippen LogP contribution in [0.5, 0.6) is 0 Å². The molecule has 1 amide bonds. The Labute approximate surface area is 161 Å². The highest BCUT2D eigenvalue weighted by atomic mass is 16.2. The second kappa shape index (κ2) is 7.43. The van der Waals surface area contributed by atoms with E-state index in [9.17, 15) is 4.79 Å². The number of carbonyl (C=O) groups is 1. The van der Waals surface area contributed by atoms with Gasteiger partial charge in [-0.1, -0.05) is 13.0 Å². The minimum atomic E-state index is 0.0256. The first-order chi connectivity index (χ1) is 13.0. The highest BCUT2D eigenvalue weighted by molar-refractivity contribution is 5.91. The number of hydrogen-bond acceptors (Lipinski definition) is 5. The molecule has 2 aromatic rings. The molecular weight excluding hydrogens is 338 g/mol. The van der Waals surface area contributed by atoms with Crippen molar-refractivity contribution in [3.05, 3.63) is 30.1 Å². The number of piperidine rings is 1. The second-order valence-corrected chi connectivity index (χ2v) is 8.23. The van der Waals surface area contributed by atoms with E-state index in [1.807, 2.05) is 0 Å². The van der Waals surface area contributed by atoms with Gasteiger partial charge in [-0.15, -0.1) is 0 Å². The zero-order valence-corrected chi connectivity index (χ0v) is 16.5. The number of rotatable bonds is 3. The van der Waals surface area contributed by atoms with Crippen LogP contribution in [0.3, 0.4) is 0 Å². The normalized spacial score (nSPS) is 24.5. The molecule has 6 nitrogen and oxygen atoms in total. The molecule has 0 aliphatic carbocycles. The van der Waals surface area contributed by atoms with Gasteiger partial charge < -0.3 is 15.1 Å². The largest absolute Gasteiger partial charge is 0.369 e. The summed E-state index contributed by atoms with van der Waals surface area (Å²) in [6.45, 7) is 7.98. The fourth-order valence-corrected chi connectivity index (χ4v) is 4.40. The molecule has 27 heavy (non-hydrogen) atoms. The molecule has 144 valence electrons. The lowest BCUT2D eigenvalue weighted by atomic mass is 9.96. The number of nitrogens with zero attached hydrogens (tertiary/aromatic N) is 4. The standard InChI is InChI=1S/C21H29N5O/c1-14-4-5-18(20-19(14)22-8-9-23-20)26-12-15(2)17(13-26)21(27)24-16-6-10-25(3)11-7-16/h4-5,8-9,15-17H,6-7,10-13H2,1-3H3,(H,24,27)/t15-,17?/m0/s1. The van der Waals surface area contributed by atoms with Crippen molar-refractivity contribution in [3.63, 3.8) is 0 Å². The molecular formula is C21H29N5O. The minimum absolute atomic E-state index is 0.0256. The van der Waals surface area contributed by atoms with Gasteiger partial charge >= 0.3 is 0 Å². The van der Waals surface area contributed by atoms with Crippen LogP contribution < -0.4 is 10.2 Å². The molecule has 2 saturated heterocycles. The van der Waals surface area contributed by atoms with Crippen LogP contribution in [-0.4, -0.2) is 60.0 Å². The lowest BCUT2D eigenvalue weighted by Crippen LogP contribution is -2.46. The van der Waals surface area contributed by atoms with E-state index in [1.165, 1.54) is 0 Å². The van der Waals surface area contributed by atoms with E-state index >= 15 is 0 Å². The molecule has 1 N–H and O–H groups in total. The minimum Gasteiger partial charge on any atom is -0.369 e. The summed E-state index contributed by atoms with van der Waals surface area (Å²) in [5, 5.41) is 3.31. The maximum absolute atomic E-state index is 12.9. The van der Waals surface area contributed by atoms with Crippen molar-refractivity contribution in [2.45, 2.75) is 32.7 Å². The van der Waals surface area contributed by atoms with E-state index in [1.54, 1.807) is 12.4 Å². The fraction of sp³-hybridized carbons (Fsp3) is 0.571. The van der Waals surface area contributed by atoms with E-state index in [-0.39, 0.29) is 11.8 Å². The SMILES string of the molecule is Cc1ccc(N2CC(C(=O)NC3CCN(C)CC3)[C@@H](C)C2)c2nccnc12. The summed E-state index contributed by atoms with van der Waals surface area (Å²) in [6, 6.07) is 4.54. The summed E-state index contributed by atoms with van der Waals surface area (Å²) in [6.07, 6.45) is 5.58. The monoisotopic (exact) mass is 367 g/mol. The molecule has 3 heterocycles. The van der Waals surface area contributed by atoms with Crippen molar-refractivity contribution >= 4 is 22.6 Å². The maximum Gasteiger partial charge on any atom is 0.225 e. The summed E-state index contributed by atoms with van der Waals surface area (Å²) in [5.41, 5.74) is 4.10.